The Bertz CT molecular complexity index is 546. The topological polar surface area (TPSA) is 72.5 Å². The van der Waals surface area contributed by atoms with Gasteiger partial charge in [-0.1, -0.05) is 30.3 Å². The van der Waals surface area contributed by atoms with Crippen LogP contribution in [0.15, 0.2) is 30.3 Å². The van der Waals surface area contributed by atoms with E-state index in [1.807, 2.05) is 6.07 Å². The van der Waals surface area contributed by atoms with E-state index >= 15 is 0 Å². The zero-order chi connectivity index (χ0) is 15.4. The molecular weight excluding hydrogens is 278 g/mol. The minimum Gasteiger partial charge on any atom is -0.469 e. The van der Waals surface area contributed by atoms with Gasteiger partial charge in [-0.05, 0) is 26.3 Å². The number of rotatable bonds is 5. The second-order valence-corrected chi connectivity index (χ2v) is 7.94. The molecule has 1 N–H and O–H groups in total. The van der Waals surface area contributed by atoms with E-state index in [1.165, 1.54) is 7.11 Å². The molecule has 112 valence electrons. The van der Waals surface area contributed by atoms with Gasteiger partial charge in [0, 0.05) is 0 Å². The number of methoxy groups -OCH3 is 1. The Morgan fingerprint density at radius 2 is 1.80 bits per heavy atom. The Kier molecular flexibility index (Phi) is 5.30. The lowest BCUT2D eigenvalue weighted by molar-refractivity contribution is -0.141. The highest BCUT2D eigenvalue weighted by molar-refractivity contribution is 7.90. The van der Waals surface area contributed by atoms with Crippen molar-refractivity contribution in [1.29, 1.82) is 0 Å². The molecule has 0 radical (unpaired) electrons. The van der Waals surface area contributed by atoms with Crippen LogP contribution in [0.4, 0.5) is 0 Å². The number of hydrogen-bond acceptors (Lipinski definition) is 4. The molecular formula is C14H21NO4S. The maximum atomic E-state index is 12.2. The highest BCUT2D eigenvalue weighted by Crippen LogP contribution is 2.22. The van der Waals surface area contributed by atoms with Crippen LogP contribution in [0, 0.1) is 0 Å². The molecule has 0 saturated carbocycles. The first-order valence-corrected chi connectivity index (χ1v) is 7.79. The molecule has 0 aromatic heterocycles. The Morgan fingerprint density at radius 1 is 1.25 bits per heavy atom. The summed E-state index contributed by atoms with van der Waals surface area (Å²) in [6, 6.07) is 8.35. The summed E-state index contributed by atoms with van der Waals surface area (Å²) in [7, 11) is -2.28. The third-order valence-electron chi connectivity index (χ3n) is 2.90. The fourth-order valence-electron chi connectivity index (χ4n) is 1.53. The van der Waals surface area contributed by atoms with Gasteiger partial charge in [-0.25, -0.2) is 13.1 Å². The van der Waals surface area contributed by atoms with E-state index in [-0.39, 0.29) is 6.42 Å². The van der Waals surface area contributed by atoms with Gasteiger partial charge in [-0.3, -0.25) is 4.79 Å². The minimum atomic E-state index is -3.56. The summed E-state index contributed by atoms with van der Waals surface area (Å²) < 4.78 is 30.8. The van der Waals surface area contributed by atoms with Crippen LogP contribution in [0.3, 0.4) is 0 Å². The van der Waals surface area contributed by atoms with E-state index in [9.17, 15) is 13.2 Å². The number of ether oxygens (including phenoxy) is 1. The molecule has 0 saturated heterocycles. The molecule has 1 aromatic carbocycles. The predicted octanol–water partition coefficient (Wildman–Crippen LogP) is 2.01. The number of hydrogen-bond donors (Lipinski definition) is 1. The first-order valence-electron chi connectivity index (χ1n) is 6.31. The largest absolute Gasteiger partial charge is 0.469 e. The van der Waals surface area contributed by atoms with E-state index in [2.05, 4.69) is 9.46 Å². The van der Waals surface area contributed by atoms with Crippen LogP contribution in [-0.2, 0) is 19.6 Å². The Labute approximate surface area is 120 Å². The van der Waals surface area contributed by atoms with Gasteiger partial charge in [0.25, 0.3) is 0 Å². The second-order valence-electron chi connectivity index (χ2n) is 5.48. The molecule has 6 heteroatoms. The highest BCUT2D eigenvalue weighted by Gasteiger charge is 2.32. The standard InChI is InChI=1S/C14H21NO4S/c1-14(2,3)20(17,18)15-12(10-13(16)19-4)11-8-6-5-7-9-11/h5-9,12,15H,10H2,1-4H3/t12-/m1/s1. The monoisotopic (exact) mass is 299 g/mol. The van der Waals surface area contributed by atoms with Crippen molar-refractivity contribution in [3.63, 3.8) is 0 Å². The van der Waals surface area contributed by atoms with E-state index in [0.29, 0.717) is 0 Å². The summed E-state index contributed by atoms with van der Waals surface area (Å²) >= 11 is 0. The molecule has 0 bridgehead atoms. The summed E-state index contributed by atoms with van der Waals surface area (Å²) in [6.07, 6.45) is -0.0458. The summed E-state index contributed by atoms with van der Waals surface area (Å²) in [6.45, 7) is 4.82. The van der Waals surface area contributed by atoms with Crippen LogP contribution in [0.25, 0.3) is 0 Å². The molecule has 1 atom stereocenters. The number of benzene rings is 1. The van der Waals surface area contributed by atoms with Crippen molar-refractivity contribution in [3.8, 4) is 0 Å². The molecule has 0 fully saturated rings. The van der Waals surface area contributed by atoms with E-state index in [4.69, 9.17) is 0 Å². The van der Waals surface area contributed by atoms with Crippen LogP contribution < -0.4 is 4.72 Å². The van der Waals surface area contributed by atoms with Gasteiger partial charge in [-0.2, -0.15) is 0 Å². The average molecular weight is 299 g/mol. The van der Waals surface area contributed by atoms with Gasteiger partial charge in [0.2, 0.25) is 10.0 Å². The summed E-state index contributed by atoms with van der Waals surface area (Å²) in [5, 5.41) is 0. The van der Waals surface area contributed by atoms with Crippen LogP contribution in [0.2, 0.25) is 0 Å². The maximum Gasteiger partial charge on any atom is 0.307 e. The molecule has 0 unspecified atom stereocenters. The normalized spacial score (nSPS) is 13.8. The van der Waals surface area contributed by atoms with Crippen molar-refractivity contribution < 1.29 is 17.9 Å². The van der Waals surface area contributed by atoms with Crippen LogP contribution in [0.1, 0.15) is 38.8 Å². The second kappa shape index (κ2) is 6.37. The average Bonchev–Trinajstić information content (AvgIpc) is 2.37. The quantitative estimate of drug-likeness (QED) is 0.844. The van der Waals surface area contributed by atoms with E-state index < -0.39 is 26.8 Å². The number of nitrogens with one attached hydrogen (secondary N) is 1. The molecule has 0 heterocycles. The third-order valence-corrected chi connectivity index (χ3v) is 5.11. The van der Waals surface area contributed by atoms with Crippen molar-refractivity contribution in [2.24, 2.45) is 0 Å². The Morgan fingerprint density at radius 3 is 2.25 bits per heavy atom. The maximum absolute atomic E-state index is 12.2. The van der Waals surface area contributed by atoms with Gasteiger partial charge in [0.1, 0.15) is 0 Å². The predicted molar refractivity (Wildman–Crippen MR) is 77.6 cm³/mol. The number of carbonyl (C=O) groups excluding carboxylic acids is 1. The zero-order valence-electron chi connectivity index (χ0n) is 12.2. The molecule has 20 heavy (non-hydrogen) atoms. The molecule has 1 aromatic rings. The lowest BCUT2D eigenvalue weighted by atomic mass is 10.1. The zero-order valence-corrected chi connectivity index (χ0v) is 13.0. The fraction of sp³-hybridized carbons (Fsp3) is 0.500. The van der Waals surface area contributed by atoms with Crippen molar-refractivity contribution in [3.05, 3.63) is 35.9 Å². The van der Waals surface area contributed by atoms with E-state index in [1.54, 1.807) is 45.0 Å². The summed E-state index contributed by atoms with van der Waals surface area (Å²) in [5.41, 5.74) is 0.728. The highest BCUT2D eigenvalue weighted by atomic mass is 32.2. The molecule has 5 nitrogen and oxygen atoms in total. The lowest BCUT2D eigenvalue weighted by Gasteiger charge is -2.25. The molecule has 0 spiro atoms. The Hall–Kier alpha value is -1.40. The van der Waals surface area contributed by atoms with Gasteiger partial charge in [0.15, 0.2) is 0 Å². The molecule has 0 aliphatic carbocycles. The summed E-state index contributed by atoms with van der Waals surface area (Å²) in [4.78, 5) is 11.5. The third kappa shape index (κ3) is 4.31. The first-order chi connectivity index (χ1) is 9.17. The molecule has 1 rings (SSSR count). The van der Waals surface area contributed by atoms with Crippen molar-refractivity contribution in [2.45, 2.75) is 38.0 Å². The van der Waals surface area contributed by atoms with Crippen molar-refractivity contribution in [2.75, 3.05) is 7.11 Å². The van der Waals surface area contributed by atoms with Crippen LogP contribution in [0.5, 0.6) is 0 Å². The van der Waals surface area contributed by atoms with Crippen molar-refractivity contribution in [1.82, 2.24) is 4.72 Å². The van der Waals surface area contributed by atoms with Gasteiger partial charge >= 0.3 is 5.97 Å². The number of sulfonamides is 1. The Balaban J connectivity index is 3.04. The fourth-order valence-corrected chi connectivity index (χ4v) is 2.47. The van der Waals surface area contributed by atoms with Crippen molar-refractivity contribution >= 4 is 16.0 Å². The number of carbonyl (C=O) groups is 1. The van der Waals surface area contributed by atoms with Crippen LogP contribution in [-0.4, -0.2) is 26.2 Å². The molecule has 0 aliphatic heterocycles. The molecule has 0 aliphatic rings. The van der Waals surface area contributed by atoms with Gasteiger partial charge in [0.05, 0.1) is 24.3 Å². The summed E-state index contributed by atoms with van der Waals surface area (Å²) in [5.74, 6) is -0.463. The molecule has 0 amide bonds. The SMILES string of the molecule is COC(=O)C[C@@H](NS(=O)(=O)C(C)(C)C)c1ccccc1. The minimum absolute atomic E-state index is 0.0458. The first kappa shape index (κ1) is 16.7. The lowest BCUT2D eigenvalue weighted by Crippen LogP contribution is -2.41. The van der Waals surface area contributed by atoms with Crippen LogP contribution >= 0.6 is 0 Å². The van der Waals surface area contributed by atoms with E-state index in [0.717, 1.165) is 5.56 Å². The van der Waals surface area contributed by atoms with Gasteiger partial charge < -0.3 is 4.74 Å². The van der Waals surface area contributed by atoms with Gasteiger partial charge in [-0.15, -0.1) is 0 Å². The smallest absolute Gasteiger partial charge is 0.307 e. The number of esters is 1.